The lowest BCUT2D eigenvalue weighted by Gasteiger charge is -2.36. The molecule has 0 aromatic rings. The van der Waals surface area contributed by atoms with E-state index < -0.39 is 11.4 Å². The Kier molecular flexibility index (Phi) is 4.69. The predicted octanol–water partition coefficient (Wildman–Crippen LogP) is 1.24. The first-order valence-corrected chi connectivity index (χ1v) is 8.97. The molecule has 3 heterocycles. The Balaban J connectivity index is 1.59. The summed E-state index contributed by atoms with van der Waals surface area (Å²) in [5, 5.41) is 9.32. The fraction of sp³-hybridized carbons (Fsp3) is 0.824. The summed E-state index contributed by atoms with van der Waals surface area (Å²) in [5.74, 6) is -1.02. The van der Waals surface area contributed by atoms with Gasteiger partial charge < -0.3 is 19.8 Å². The van der Waals surface area contributed by atoms with Gasteiger partial charge in [-0.15, -0.1) is 0 Å². The fourth-order valence-electron chi connectivity index (χ4n) is 4.04. The first-order valence-electron chi connectivity index (χ1n) is 8.97. The van der Waals surface area contributed by atoms with Crippen molar-refractivity contribution < 1.29 is 19.5 Å². The van der Waals surface area contributed by atoms with Crippen LogP contribution in [0.2, 0.25) is 0 Å². The molecule has 3 aliphatic heterocycles. The average Bonchev–Trinajstić information content (AvgIpc) is 3.24. The van der Waals surface area contributed by atoms with Crippen LogP contribution >= 0.6 is 0 Å². The molecule has 3 rings (SSSR count). The molecule has 0 saturated carbocycles. The lowest BCUT2D eigenvalue weighted by atomic mass is 9.90. The molecule has 0 bridgehead atoms. The third-order valence-corrected chi connectivity index (χ3v) is 5.72. The summed E-state index contributed by atoms with van der Waals surface area (Å²) in [6.07, 6.45) is 4.23. The van der Waals surface area contributed by atoms with E-state index in [2.05, 4.69) is 0 Å². The highest BCUT2D eigenvalue weighted by Crippen LogP contribution is 2.32. The van der Waals surface area contributed by atoms with Crippen LogP contribution in [-0.4, -0.2) is 77.0 Å². The standard InChI is InChI=1S/C17H27N3O4/c1-17(15(22)23)6-10-20(12-17)14(21)13-5-4-9-19(11-13)16(24)18-7-2-3-8-18/h13H,2-12H2,1H3,(H,22,23). The van der Waals surface area contributed by atoms with Crippen LogP contribution in [0.3, 0.4) is 0 Å². The molecule has 0 aromatic carbocycles. The molecule has 0 radical (unpaired) electrons. The average molecular weight is 337 g/mol. The normalized spacial score (nSPS) is 30.7. The first-order chi connectivity index (χ1) is 11.4. The van der Waals surface area contributed by atoms with Crippen molar-refractivity contribution in [3.05, 3.63) is 0 Å². The maximum atomic E-state index is 12.8. The molecule has 3 amide bonds. The molecule has 7 heteroatoms. The summed E-state index contributed by atoms with van der Waals surface area (Å²) in [7, 11) is 0. The highest BCUT2D eigenvalue weighted by molar-refractivity contribution is 5.83. The Labute approximate surface area is 142 Å². The van der Waals surface area contributed by atoms with Crippen LogP contribution in [0.4, 0.5) is 4.79 Å². The third kappa shape index (κ3) is 3.21. The number of rotatable bonds is 2. The van der Waals surface area contributed by atoms with Gasteiger partial charge in [-0.2, -0.15) is 0 Å². The lowest BCUT2D eigenvalue weighted by molar-refractivity contribution is -0.147. The van der Waals surface area contributed by atoms with Crippen molar-refractivity contribution in [1.29, 1.82) is 0 Å². The number of piperidine rings is 1. The molecule has 3 fully saturated rings. The number of carbonyl (C=O) groups excluding carboxylic acids is 2. The van der Waals surface area contributed by atoms with Crippen molar-refractivity contribution in [2.45, 2.75) is 39.0 Å². The quantitative estimate of drug-likeness (QED) is 0.822. The Morgan fingerprint density at radius 1 is 0.958 bits per heavy atom. The second-order valence-electron chi connectivity index (χ2n) is 7.64. The molecule has 3 aliphatic rings. The maximum Gasteiger partial charge on any atom is 0.320 e. The molecular formula is C17H27N3O4. The van der Waals surface area contributed by atoms with Crippen LogP contribution in [0.5, 0.6) is 0 Å². The van der Waals surface area contributed by atoms with Crippen LogP contribution in [-0.2, 0) is 9.59 Å². The minimum atomic E-state index is -0.840. The van der Waals surface area contributed by atoms with Crippen molar-refractivity contribution in [1.82, 2.24) is 14.7 Å². The second kappa shape index (κ2) is 6.61. The van der Waals surface area contributed by atoms with Gasteiger partial charge in [0.25, 0.3) is 0 Å². The van der Waals surface area contributed by atoms with E-state index in [0.717, 1.165) is 38.8 Å². The highest BCUT2D eigenvalue weighted by Gasteiger charge is 2.44. The van der Waals surface area contributed by atoms with Gasteiger partial charge in [0.1, 0.15) is 0 Å². The smallest absolute Gasteiger partial charge is 0.320 e. The zero-order valence-electron chi connectivity index (χ0n) is 14.4. The largest absolute Gasteiger partial charge is 0.481 e. The van der Waals surface area contributed by atoms with Crippen LogP contribution in [0.1, 0.15) is 39.0 Å². The number of aliphatic carboxylic acids is 1. The number of carboxylic acids is 1. The Hall–Kier alpha value is -1.79. The predicted molar refractivity (Wildman–Crippen MR) is 87.4 cm³/mol. The van der Waals surface area contributed by atoms with Gasteiger partial charge in [0.05, 0.1) is 11.3 Å². The topological polar surface area (TPSA) is 81.2 Å². The van der Waals surface area contributed by atoms with Gasteiger partial charge in [0.2, 0.25) is 5.91 Å². The van der Waals surface area contributed by atoms with Gasteiger partial charge in [-0.3, -0.25) is 9.59 Å². The van der Waals surface area contributed by atoms with E-state index in [1.165, 1.54) is 0 Å². The Morgan fingerprint density at radius 2 is 1.62 bits per heavy atom. The Bertz CT molecular complexity index is 532. The molecule has 1 N–H and O–H groups in total. The first kappa shape index (κ1) is 17.0. The molecule has 7 nitrogen and oxygen atoms in total. The van der Waals surface area contributed by atoms with Gasteiger partial charge in [-0.1, -0.05) is 0 Å². The van der Waals surface area contributed by atoms with Crippen molar-refractivity contribution in [2.24, 2.45) is 11.3 Å². The molecule has 2 atom stereocenters. The van der Waals surface area contributed by atoms with E-state index >= 15 is 0 Å². The molecule has 134 valence electrons. The molecule has 24 heavy (non-hydrogen) atoms. The number of likely N-dealkylation sites (tertiary alicyclic amines) is 3. The number of urea groups is 1. The fourth-order valence-corrected chi connectivity index (χ4v) is 4.04. The van der Waals surface area contributed by atoms with Crippen LogP contribution < -0.4 is 0 Å². The van der Waals surface area contributed by atoms with Crippen molar-refractivity contribution in [3.63, 3.8) is 0 Å². The number of nitrogens with zero attached hydrogens (tertiary/aromatic N) is 3. The number of carboxylic acid groups (broad SMARTS) is 1. The minimum Gasteiger partial charge on any atom is -0.481 e. The highest BCUT2D eigenvalue weighted by atomic mass is 16.4. The number of amides is 3. The van der Waals surface area contributed by atoms with Crippen LogP contribution in [0.15, 0.2) is 0 Å². The summed E-state index contributed by atoms with van der Waals surface area (Å²) in [4.78, 5) is 42.0. The maximum absolute atomic E-state index is 12.8. The lowest BCUT2D eigenvalue weighted by Crippen LogP contribution is -2.50. The monoisotopic (exact) mass is 337 g/mol. The number of carbonyl (C=O) groups is 3. The third-order valence-electron chi connectivity index (χ3n) is 5.72. The molecule has 3 saturated heterocycles. The summed E-state index contributed by atoms with van der Waals surface area (Å²) in [6, 6.07) is 0.0572. The molecular weight excluding hydrogens is 310 g/mol. The molecule has 2 unspecified atom stereocenters. The second-order valence-corrected chi connectivity index (χ2v) is 7.64. The van der Waals surface area contributed by atoms with E-state index in [0.29, 0.717) is 26.1 Å². The van der Waals surface area contributed by atoms with Gasteiger partial charge in [-0.25, -0.2) is 4.79 Å². The molecule has 0 aromatic heterocycles. The van der Waals surface area contributed by atoms with Gasteiger partial charge >= 0.3 is 12.0 Å². The van der Waals surface area contributed by atoms with Crippen LogP contribution in [0, 0.1) is 11.3 Å². The summed E-state index contributed by atoms with van der Waals surface area (Å²) < 4.78 is 0. The molecule has 0 aliphatic carbocycles. The van der Waals surface area contributed by atoms with Gasteiger partial charge in [0.15, 0.2) is 0 Å². The number of hydrogen-bond donors (Lipinski definition) is 1. The van der Waals surface area contributed by atoms with Crippen molar-refractivity contribution in [3.8, 4) is 0 Å². The summed E-state index contributed by atoms with van der Waals surface area (Å²) in [6.45, 7) is 5.29. The molecule has 0 spiro atoms. The van der Waals surface area contributed by atoms with E-state index in [-0.39, 0.29) is 24.4 Å². The zero-order valence-corrected chi connectivity index (χ0v) is 14.4. The SMILES string of the molecule is CC1(C(=O)O)CCN(C(=O)C2CCCN(C(=O)N3CCCC3)C2)C1. The van der Waals surface area contributed by atoms with Crippen molar-refractivity contribution in [2.75, 3.05) is 39.3 Å². The van der Waals surface area contributed by atoms with Crippen molar-refractivity contribution >= 4 is 17.9 Å². The van der Waals surface area contributed by atoms with Gasteiger partial charge in [-0.05, 0) is 39.0 Å². The summed E-state index contributed by atoms with van der Waals surface area (Å²) in [5.41, 5.74) is -0.838. The summed E-state index contributed by atoms with van der Waals surface area (Å²) >= 11 is 0. The Morgan fingerprint density at radius 3 is 2.25 bits per heavy atom. The van der Waals surface area contributed by atoms with Crippen LogP contribution in [0.25, 0.3) is 0 Å². The number of hydrogen-bond acceptors (Lipinski definition) is 3. The van der Waals surface area contributed by atoms with Gasteiger partial charge in [0, 0.05) is 39.3 Å². The van der Waals surface area contributed by atoms with E-state index in [1.807, 2.05) is 9.80 Å². The van der Waals surface area contributed by atoms with E-state index in [4.69, 9.17) is 0 Å². The zero-order chi connectivity index (χ0) is 17.3. The van der Waals surface area contributed by atoms with E-state index in [1.54, 1.807) is 11.8 Å². The minimum absolute atomic E-state index is 0.0129. The van der Waals surface area contributed by atoms with E-state index in [9.17, 15) is 19.5 Å².